The second-order valence-electron chi connectivity index (χ2n) is 19.6. The fourth-order valence-electron chi connectivity index (χ4n) is 11.1. The molecule has 68 heavy (non-hydrogen) atoms. The van der Waals surface area contributed by atoms with Crippen molar-refractivity contribution in [3.63, 3.8) is 0 Å². The minimum atomic E-state index is -4.52. The number of H-pyrrole nitrogens is 1. The third kappa shape index (κ3) is 10.3. The second-order valence-corrected chi connectivity index (χ2v) is 20.0. The van der Waals surface area contributed by atoms with Gasteiger partial charge in [-0.15, -0.1) is 0 Å². The molecule has 2 aromatic carbocycles. The first-order valence-electron chi connectivity index (χ1n) is 23.8. The van der Waals surface area contributed by atoms with Crippen molar-refractivity contribution in [2.75, 3.05) is 56.9 Å². The molecule has 0 radical (unpaired) electrons. The first kappa shape index (κ1) is 47.3. The Bertz CT molecular complexity index is 2800. The SMILES string of the molecule is Cc1nc(N[C@H](C)c2cc(N)cc(C(F)(F)F)c2)c2cc(C3CCC(C(=O)N4CCN(CC5CCC6(CC5)CCN(C(=O)c5ccc(Cl)c(-n7ccc(=O)[nH]c7=O)c5)CC6)CC4)CC3)ncc2n1. The first-order chi connectivity index (χ1) is 32.5. The van der Waals surface area contributed by atoms with Crippen molar-refractivity contribution in [3.05, 3.63) is 115 Å². The predicted molar refractivity (Wildman–Crippen MR) is 255 cm³/mol. The number of hydrogen-bond donors (Lipinski definition) is 3. The number of alkyl halides is 3. The van der Waals surface area contributed by atoms with E-state index in [-0.39, 0.29) is 34.8 Å². The number of pyridine rings is 1. The van der Waals surface area contributed by atoms with Gasteiger partial charge in [0, 0.05) is 92.2 Å². The molecule has 1 spiro atoms. The van der Waals surface area contributed by atoms with Crippen molar-refractivity contribution < 1.29 is 22.8 Å². The van der Waals surface area contributed by atoms with Crippen LogP contribution in [0.2, 0.25) is 5.02 Å². The number of aromatic nitrogens is 5. The minimum absolute atomic E-state index is 0.0182. The molecule has 9 rings (SSSR count). The number of nitrogens with zero attached hydrogens (tertiary/aromatic N) is 7. The zero-order valence-electron chi connectivity index (χ0n) is 38.5. The van der Waals surface area contributed by atoms with E-state index in [1.807, 2.05) is 11.0 Å². The second kappa shape index (κ2) is 19.3. The minimum Gasteiger partial charge on any atom is -0.399 e. The summed E-state index contributed by atoms with van der Waals surface area (Å²) in [7, 11) is 0. The van der Waals surface area contributed by atoms with Crippen LogP contribution < -0.4 is 22.3 Å². The summed E-state index contributed by atoms with van der Waals surface area (Å²) in [6, 6.07) is 11.2. The molecular weight excluding hydrogens is 897 g/mol. The average molecular weight is 956 g/mol. The topological polar surface area (TPSA) is 175 Å². The Balaban J connectivity index is 0.722. The van der Waals surface area contributed by atoms with Gasteiger partial charge in [-0.1, -0.05) is 11.6 Å². The number of nitrogens with two attached hydrogens (primary N) is 1. The number of aryl methyl sites for hydroxylation is 1. The van der Waals surface area contributed by atoms with Crippen molar-refractivity contribution >= 4 is 45.8 Å². The van der Waals surface area contributed by atoms with E-state index in [4.69, 9.17) is 22.3 Å². The van der Waals surface area contributed by atoms with Gasteiger partial charge in [-0.25, -0.2) is 14.8 Å². The summed E-state index contributed by atoms with van der Waals surface area (Å²) in [5.41, 5.74) is 6.93. The van der Waals surface area contributed by atoms with Crippen LogP contribution in [0.15, 0.2) is 70.5 Å². The zero-order chi connectivity index (χ0) is 47.9. The Morgan fingerprint density at radius 1 is 0.897 bits per heavy atom. The molecule has 360 valence electrons. The molecule has 14 nitrogen and oxygen atoms in total. The van der Waals surface area contributed by atoms with E-state index in [0.29, 0.717) is 58.0 Å². The smallest absolute Gasteiger partial charge is 0.399 e. The monoisotopic (exact) mass is 954 g/mol. The van der Waals surface area contributed by atoms with Gasteiger partial charge in [0.1, 0.15) is 11.6 Å². The fourth-order valence-corrected chi connectivity index (χ4v) is 11.3. The summed E-state index contributed by atoms with van der Waals surface area (Å²) in [6.45, 7) is 9.18. The fraction of sp³-hybridized carbons (Fsp3) is 0.500. The Morgan fingerprint density at radius 2 is 1.62 bits per heavy atom. The normalized spacial score (nSPS) is 21.0. The lowest BCUT2D eigenvalue weighted by Gasteiger charge is -2.47. The molecule has 2 saturated heterocycles. The van der Waals surface area contributed by atoms with Crippen LogP contribution >= 0.6 is 11.6 Å². The number of carbonyl (C=O) groups is 2. The highest BCUT2D eigenvalue weighted by Crippen LogP contribution is 2.47. The van der Waals surface area contributed by atoms with Gasteiger partial charge < -0.3 is 20.9 Å². The number of nitrogens with one attached hydrogen (secondary N) is 2. The number of anilines is 2. The molecule has 5 heterocycles. The van der Waals surface area contributed by atoms with E-state index in [9.17, 15) is 32.3 Å². The molecular formula is C50H58ClF3N10O4. The number of likely N-dealkylation sites (tertiary alicyclic amines) is 1. The van der Waals surface area contributed by atoms with E-state index in [1.54, 1.807) is 38.2 Å². The van der Waals surface area contributed by atoms with Gasteiger partial charge in [-0.05, 0) is 137 Å². The number of rotatable bonds is 9. The van der Waals surface area contributed by atoms with E-state index < -0.39 is 29.0 Å². The molecule has 0 unspecified atom stereocenters. The number of hydrogen-bond acceptors (Lipinski definition) is 10. The number of fused-ring (bicyclic) bond motifs is 1. The van der Waals surface area contributed by atoms with Gasteiger partial charge >= 0.3 is 11.9 Å². The van der Waals surface area contributed by atoms with Crippen molar-refractivity contribution in [3.8, 4) is 5.69 Å². The number of benzene rings is 2. The van der Waals surface area contributed by atoms with Crippen molar-refractivity contribution in [1.29, 1.82) is 0 Å². The zero-order valence-corrected chi connectivity index (χ0v) is 39.2. The molecule has 4 aliphatic rings. The van der Waals surface area contributed by atoms with Crippen LogP contribution in [0.3, 0.4) is 0 Å². The summed E-state index contributed by atoms with van der Waals surface area (Å²) in [4.78, 5) is 74.2. The van der Waals surface area contributed by atoms with E-state index >= 15 is 0 Å². The quantitative estimate of drug-likeness (QED) is 0.122. The number of piperidine rings is 1. The van der Waals surface area contributed by atoms with Gasteiger partial charge in [-0.3, -0.25) is 33.8 Å². The lowest BCUT2D eigenvalue weighted by Crippen LogP contribution is -2.52. The third-order valence-electron chi connectivity index (χ3n) is 15.1. The van der Waals surface area contributed by atoms with Crippen LogP contribution in [0.4, 0.5) is 24.7 Å². The Morgan fingerprint density at radius 3 is 2.31 bits per heavy atom. The van der Waals surface area contributed by atoms with Gasteiger partial charge in [0.05, 0.1) is 34.0 Å². The molecule has 2 saturated carbocycles. The Labute approximate surface area is 397 Å². The van der Waals surface area contributed by atoms with E-state index in [1.165, 1.54) is 22.9 Å². The van der Waals surface area contributed by atoms with Gasteiger partial charge in [0.25, 0.3) is 11.5 Å². The molecule has 0 bridgehead atoms. The van der Waals surface area contributed by atoms with Crippen LogP contribution in [-0.4, -0.2) is 96.8 Å². The highest BCUT2D eigenvalue weighted by molar-refractivity contribution is 6.32. The van der Waals surface area contributed by atoms with Crippen molar-refractivity contribution in [2.45, 2.75) is 96.2 Å². The average Bonchev–Trinajstić information content (AvgIpc) is 3.32. The molecule has 4 N–H and O–H groups in total. The lowest BCUT2D eigenvalue weighted by atomic mass is 9.65. The van der Waals surface area contributed by atoms with Crippen LogP contribution in [0, 0.1) is 24.2 Å². The standard InChI is InChI=1S/C50H58ClF3N10O4/c1-30(36-23-37(50(52,53)54)26-38(55)24-36)57-45-39-27-41(56-28-42(39)58-31(2)59-45)33-3-5-34(6-4-33)46(66)63-21-19-61(20-22-63)29-32-9-12-49(13-10-32)14-17-62(18-15-49)47(67)35-7-8-40(51)43(25-35)64-16-11-44(65)60-48(64)68/h7-8,11,16,23-28,30,32-34H,3-6,9-10,12-15,17-22,29,55H2,1-2H3,(H,57,58,59)(H,60,65,68)/t30-,33?,34?/m1/s1. The largest absolute Gasteiger partial charge is 0.416 e. The number of halogens is 4. The molecule has 5 aromatic rings. The Kier molecular flexibility index (Phi) is 13.4. The maximum Gasteiger partial charge on any atom is 0.416 e. The predicted octanol–water partition coefficient (Wildman–Crippen LogP) is 8.13. The van der Waals surface area contributed by atoms with Crippen LogP contribution in [0.5, 0.6) is 0 Å². The maximum absolute atomic E-state index is 13.8. The summed E-state index contributed by atoms with van der Waals surface area (Å²) in [6.07, 6.45) is 8.35. The first-order valence-corrected chi connectivity index (χ1v) is 24.2. The number of piperazine rings is 1. The van der Waals surface area contributed by atoms with Crippen molar-refractivity contribution in [2.24, 2.45) is 17.3 Å². The molecule has 4 fully saturated rings. The van der Waals surface area contributed by atoms with E-state index in [0.717, 1.165) is 120 Å². The van der Waals surface area contributed by atoms with Crippen LogP contribution in [0.25, 0.3) is 16.6 Å². The molecule has 1 atom stereocenters. The van der Waals surface area contributed by atoms with Crippen LogP contribution in [-0.2, 0) is 11.0 Å². The summed E-state index contributed by atoms with van der Waals surface area (Å²) in [5, 5.41) is 4.35. The van der Waals surface area contributed by atoms with Crippen molar-refractivity contribution in [1.82, 2.24) is 39.2 Å². The summed E-state index contributed by atoms with van der Waals surface area (Å²) >= 11 is 6.40. The molecule has 2 aliphatic heterocycles. The van der Waals surface area contributed by atoms with Crippen LogP contribution in [0.1, 0.15) is 116 Å². The summed E-state index contributed by atoms with van der Waals surface area (Å²) < 4.78 is 41.9. The van der Waals surface area contributed by atoms with Gasteiger partial charge in [0.15, 0.2) is 0 Å². The number of nitrogen functional groups attached to an aromatic ring is 1. The molecule has 2 amide bonds. The van der Waals surface area contributed by atoms with Gasteiger partial charge in [0.2, 0.25) is 5.91 Å². The number of amides is 2. The molecule has 3 aromatic heterocycles. The Hall–Kier alpha value is -5.81. The summed E-state index contributed by atoms with van der Waals surface area (Å²) in [5.74, 6) is 1.94. The number of carbonyl (C=O) groups excluding carboxylic acids is 2. The number of aromatic amines is 1. The molecule has 2 aliphatic carbocycles. The molecule has 18 heteroatoms. The maximum atomic E-state index is 13.8. The third-order valence-corrected chi connectivity index (χ3v) is 15.4. The lowest BCUT2D eigenvalue weighted by molar-refractivity contribution is -0.139. The van der Waals surface area contributed by atoms with Gasteiger partial charge in [-0.2, -0.15) is 13.2 Å². The highest BCUT2D eigenvalue weighted by Gasteiger charge is 2.40. The highest BCUT2D eigenvalue weighted by atomic mass is 35.5. The van der Waals surface area contributed by atoms with E-state index in [2.05, 4.69) is 30.1 Å².